The van der Waals surface area contributed by atoms with Gasteiger partial charge in [0.05, 0.1) is 0 Å². The molecule has 2 heteroatoms. The monoisotopic (exact) mass is 164 g/mol. The molecule has 0 rings (SSSR count). The van der Waals surface area contributed by atoms with E-state index in [1.165, 1.54) is 31.6 Å². The van der Waals surface area contributed by atoms with Crippen molar-refractivity contribution in [2.45, 2.75) is 26.2 Å². The van der Waals surface area contributed by atoms with Crippen LogP contribution in [0.2, 0.25) is 0 Å². The third-order valence-corrected chi connectivity index (χ3v) is 2.61. The molecular formula is C7H18P2. The lowest BCUT2D eigenvalue weighted by atomic mass is 10.0. The first kappa shape index (κ1) is 9.86. The van der Waals surface area contributed by atoms with Crippen molar-refractivity contribution in [1.82, 2.24) is 0 Å². The van der Waals surface area contributed by atoms with E-state index in [9.17, 15) is 0 Å². The van der Waals surface area contributed by atoms with Crippen molar-refractivity contribution >= 4 is 18.5 Å². The van der Waals surface area contributed by atoms with Crippen molar-refractivity contribution in [3.63, 3.8) is 0 Å². The molecule has 0 nitrogen and oxygen atoms in total. The fourth-order valence-electron chi connectivity index (χ4n) is 1.02. The molecule has 0 aromatic carbocycles. The van der Waals surface area contributed by atoms with Crippen LogP contribution in [-0.4, -0.2) is 12.3 Å². The third-order valence-electron chi connectivity index (χ3n) is 1.61. The molecule has 56 valence electrons. The minimum absolute atomic E-state index is 0.956. The van der Waals surface area contributed by atoms with Crippen molar-refractivity contribution in [2.24, 2.45) is 5.92 Å². The van der Waals surface area contributed by atoms with E-state index in [-0.39, 0.29) is 0 Å². The van der Waals surface area contributed by atoms with Crippen LogP contribution in [0.5, 0.6) is 0 Å². The highest BCUT2D eigenvalue weighted by Gasteiger charge is 2.01. The maximum absolute atomic E-state index is 2.83. The standard InChI is InChI=1S/C7H18P2/c1-2-3-7(6-9)4-5-8/h7H,2-6,8-9H2,1H3. The topological polar surface area (TPSA) is 0 Å². The van der Waals surface area contributed by atoms with Crippen LogP contribution >= 0.6 is 18.5 Å². The Morgan fingerprint density at radius 3 is 2.22 bits per heavy atom. The van der Waals surface area contributed by atoms with Crippen molar-refractivity contribution in [3.05, 3.63) is 0 Å². The van der Waals surface area contributed by atoms with Crippen LogP contribution in [0.25, 0.3) is 0 Å². The Bertz CT molecular complexity index is 48.9. The highest BCUT2D eigenvalue weighted by Crippen LogP contribution is 2.14. The molecule has 0 saturated carbocycles. The summed E-state index contributed by atoms with van der Waals surface area (Å²) in [6.07, 6.45) is 6.66. The van der Waals surface area contributed by atoms with Crippen molar-refractivity contribution in [3.8, 4) is 0 Å². The van der Waals surface area contributed by atoms with Gasteiger partial charge in [0.2, 0.25) is 0 Å². The first-order valence-electron chi connectivity index (χ1n) is 3.75. The van der Waals surface area contributed by atoms with Gasteiger partial charge in [0.1, 0.15) is 0 Å². The quantitative estimate of drug-likeness (QED) is 0.548. The van der Waals surface area contributed by atoms with Gasteiger partial charge >= 0.3 is 0 Å². The van der Waals surface area contributed by atoms with Crippen LogP contribution in [0.15, 0.2) is 0 Å². The van der Waals surface area contributed by atoms with Gasteiger partial charge in [-0.3, -0.25) is 0 Å². The van der Waals surface area contributed by atoms with Gasteiger partial charge < -0.3 is 0 Å². The van der Waals surface area contributed by atoms with E-state index in [4.69, 9.17) is 0 Å². The van der Waals surface area contributed by atoms with Crippen molar-refractivity contribution in [2.75, 3.05) is 12.3 Å². The van der Waals surface area contributed by atoms with Crippen molar-refractivity contribution < 1.29 is 0 Å². The molecule has 9 heavy (non-hydrogen) atoms. The molecule has 0 aliphatic rings. The first-order chi connectivity index (χ1) is 4.35. The highest BCUT2D eigenvalue weighted by atomic mass is 31.0. The zero-order chi connectivity index (χ0) is 7.11. The molecule has 0 N–H and O–H groups in total. The highest BCUT2D eigenvalue weighted by molar-refractivity contribution is 7.16. The van der Waals surface area contributed by atoms with Gasteiger partial charge in [-0.25, -0.2) is 0 Å². The lowest BCUT2D eigenvalue weighted by Crippen LogP contribution is -2.01. The molecule has 0 spiro atoms. The van der Waals surface area contributed by atoms with E-state index < -0.39 is 0 Å². The van der Waals surface area contributed by atoms with Gasteiger partial charge in [-0.05, 0) is 24.7 Å². The predicted molar refractivity (Wildman–Crippen MR) is 52.2 cm³/mol. The predicted octanol–water partition coefficient (Wildman–Crippen LogP) is 2.54. The Morgan fingerprint density at radius 2 is 1.89 bits per heavy atom. The smallest absolute Gasteiger partial charge is 0.0353 e. The summed E-state index contributed by atoms with van der Waals surface area (Å²) in [5, 5.41) is 0. The minimum atomic E-state index is 0.956. The second kappa shape index (κ2) is 6.97. The summed E-state index contributed by atoms with van der Waals surface area (Å²) in [4.78, 5) is 0. The zero-order valence-corrected chi connectivity index (χ0v) is 8.58. The molecule has 0 aromatic heterocycles. The molecule has 0 aliphatic carbocycles. The molecule has 0 aliphatic heterocycles. The average Bonchev–Trinajstić information content (AvgIpc) is 1.88. The fourth-order valence-corrected chi connectivity index (χ4v) is 1.97. The molecule has 0 fully saturated rings. The molecule has 0 bridgehead atoms. The van der Waals surface area contributed by atoms with Gasteiger partial charge in [0.25, 0.3) is 0 Å². The van der Waals surface area contributed by atoms with E-state index in [0.717, 1.165) is 5.92 Å². The van der Waals surface area contributed by atoms with E-state index >= 15 is 0 Å². The maximum Gasteiger partial charge on any atom is -0.0353 e. The van der Waals surface area contributed by atoms with Gasteiger partial charge in [-0.15, -0.1) is 18.5 Å². The van der Waals surface area contributed by atoms with Gasteiger partial charge in [-0.1, -0.05) is 19.8 Å². The summed E-state index contributed by atoms with van der Waals surface area (Å²) in [5.74, 6) is 0.956. The fraction of sp³-hybridized carbons (Fsp3) is 1.00. The molecule has 3 unspecified atom stereocenters. The normalized spacial score (nSPS) is 13.7. The van der Waals surface area contributed by atoms with Crippen molar-refractivity contribution in [1.29, 1.82) is 0 Å². The summed E-state index contributed by atoms with van der Waals surface area (Å²) in [6.45, 7) is 2.26. The summed E-state index contributed by atoms with van der Waals surface area (Å²) in [7, 11) is 5.63. The second-order valence-electron chi connectivity index (χ2n) is 2.47. The Hall–Kier alpha value is 0.860. The Labute approximate surface area is 63.6 Å². The van der Waals surface area contributed by atoms with Crippen LogP contribution in [0.3, 0.4) is 0 Å². The SMILES string of the molecule is CCCC(CP)CCP. The first-order valence-corrected chi connectivity index (χ1v) is 5.38. The largest absolute Gasteiger partial charge is 0.138 e. The van der Waals surface area contributed by atoms with E-state index in [1.54, 1.807) is 0 Å². The van der Waals surface area contributed by atoms with E-state index in [1.807, 2.05) is 0 Å². The molecule has 0 amide bonds. The number of hydrogen-bond acceptors (Lipinski definition) is 0. The lowest BCUT2D eigenvalue weighted by Gasteiger charge is -2.10. The van der Waals surface area contributed by atoms with Crippen LogP contribution in [0.1, 0.15) is 26.2 Å². The van der Waals surface area contributed by atoms with Crippen LogP contribution < -0.4 is 0 Å². The maximum atomic E-state index is 2.83. The van der Waals surface area contributed by atoms with Gasteiger partial charge in [-0.2, -0.15) is 0 Å². The van der Waals surface area contributed by atoms with Gasteiger partial charge in [0.15, 0.2) is 0 Å². The Morgan fingerprint density at radius 1 is 1.22 bits per heavy atom. The van der Waals surface area contributed by atoms with Crippen LogP contribution in [0, 0.1) is 5.92 Å². The van der Waals surface area contributed by atoms with Crippen LogP contribution in [-0.2, 0) is 0 Å². The molecule has 3 atom stereocenters. The summed E-state index contributed by atoms with van der Waals surface area (Å²) >= 11 is 0. The van der Waals surface area contributed by atoms with E-state index in [0.29, 0.717) is 0 Å². The Balaban J connectivity index is 3.18. The molecular weight excluding hydrogens is 146 g/mol. The lowest BCUT2D eigenvalue weighted by molar-refractivity contribution is 0.521. The van der Waals surface area contributed by atoms with Gasteiger partial charge in [0, 0.05) is 0 Å². The number of rotatable bonds is 5. The molecule has 0 saturated heterocycles. The Kier molecular flexibility index (Phi) is 7.64. The average molecular weight is 164 g/mol. The number of hydrogen-bond donors (Lipinski definition) is 0. The molecule has 0 radical (unpaired) electrons. The molecule has 0 aromatic rings. The van der Waals surface area contributed by atoms with Crippen LogP contribution in [0.4, 0.5) is 0 Å². The zero-order valence-electron chi connectivity index (χ0n) is 6.27. The minimum Gasteiger partial charge on any atom is -0.138 e. The summed E-state index contributed by atoms with van der Waals surface area (Å²) in [5.41, 5.74) is 0. The summed E-state index contributed by atoms with van der Waals surface area (Å²) < 4.78 is 0. The van der Waals surface area contributed by atoms with E-state index in [2.05, 4.69) is 25.4 Å². The molecule has 0 heterocycles. The second-order valence-corrected chi connectivity index (χ2v) is 3.52. The third kappa shape index (κ3) is 5.31. The summed E-state index contributed by atoms with van der Waals surface area (Å²) in [6, 6.07) is 0.